The highest BCUT2D eigenvalue weighted by Crippen LogP contribution is 2.27. The van der Waals surface area contributed by atoms with Gasteiger partial charge in [-0.25, -0.2) is 0 Å². The van der Waals surface area contributed by atoms with Crippen molar-refractivity contribution in [2.24, 2.45) is 0 Å². The molecule has 1 aromatic carbocycles. The first-order valence-corrected chi connectivity index (χ1v) is 13.9. The molecule has 198 valence electrons. The van der Waals surface area contributed by atoms with Crippen molar-refractivity contribution >= 4 is 50.6 Å². The van der Waals surface area contributed by atoms with Crippen molar-refractivity contribution in [3.8, 4) is 17.0 Å². The zero-order valence-corrected chi connectivity index (χ0v) is 23.7. The molecule has 12 heteroatoms. The van der Waals surface area contributed by atoms with Gasteiger partial charge in [0.2, 0.25) is 0 Å². The number of hydrogen-bond acceptors (Lipinski definition) is 8. The first kappa shape index (κ1) is 26.6. The number of carbonyl (C=O) groups is 1. The van der Waals surface area contributed by atoms with Gasteiger partial charge in [0.1, 0.15) is 17.3 Å². The van der Waals surface area contributed by atoms with Crippen LogP contribution < -0.4 is 15.6 Å². The van der Waals surface area contributed by atoms with Gasteiger partial charge in [-0.1, -0.05) is 23.7 Å². The molecule has 5 rings (SSSR count). The number of aromatic nitrogens is 3. The second kappa shape index (κ2) is 11.8. The molecule has 1 fully saturated rings. The summed E-state index contributed by atoms with van der Waals surface area (Å²) >= 11 is 11.0. The van der Waals surface area contributed by atoms with Crippen LogP contribution in [0.3, 0.4) is 0 Å². The molecule has 0 radical (unpaired) electrons. The molecule has 9 nitrogen and oxygen atoms in total. The number of carbonyl (C=O) groups excluding carboxylic acids is 1. The van der Waals surface area contributed by atoms with Gasteiger partial charge in [-0.05, 0) is 52.3 Å². The van der Waals surface area contributed by atoms with E-state index in [1.807, 2.05) is 18.2 Å². The fourth-order valence-electron chi connectivity index (χ4n) is 4.18. The van der Waals surface area contributed by atoms with Crippen molar-refractivity contribution in [2.45, 2.75) is 13.2 Å². The van der Waals surface area contributed by atoms with Crippen LogP contribution in [-0.4, -0.2) is 58.6 Å². The quantitative estimate of drug-likeness (QED) is 0.284. The summed E-state index contributed by atoms with van der Waals surface area (Å²) in [7, 11) is 1.51. The lowest BCUT2D eigenvalue weighted by molar-refractivity contribution is 0.0225. The number of anilines is 1. The molecular weight excluding hydrogens is 594 g/mol. The summed E-state index contributed by atoms with van der Waals surface area (Å²) in [6.07, 6.45) is 0. The molecule has 0 atom stereocenters. The molecule has 0 unspecified atom stereocenters. The highest BCUT2D eigenvalue weighted by molar-refractivity contribution is 9.10. The molecule has 0 saturated carbocycles. The van der Waals surface area contributed by atoms with Gasteiger partial charge >= 0.3 is 0 Å². The van der Waals surface area contributed by atoms with Gasteiger partial charge < -0.3 is 14.8 Å². The minimum Gasteiger partial charge on any atom is -0.496 e. The smallest absolute Gasteiger partial charge is 0.283 e. The lowest BCUT2D eigenvalue weighted by Crippen LogP contribution is -2.40. The van der Waals surface area contributed by atoms with E-state index in [1.54, 1.807) is 41.0 Å². The van der Waals surface area contributed by atoms with Crippen molar-refractivity contribution < 1.29 is 14.3 Å². The van der Waals surface area contributed by atoms with Crippen LogP contribution in [0.25, 0.3) is 11.3 Å². The highest BCUT2D eigenvalue weighted by atomic mass is 79.9. The van der Waals surface area contributed by atoms with Gasteiger partial charge in [0.25, 0.3) is 11.5 Å². The minimum absolute atomic E-state index is 0.211. The normalized spacial score (nSPS) is 14.0. The Hall–Kier alpha value is -2.96. The van der Waals surface area contributed by atoms with Crippen LogP contribution in [0.5, 0.6) is 5.75 Å². The van der Waals surface area contributed by atoms with Gasteiger partial charge in [-0.3, -0.25) is 19.1 Å². The zero-order chi connectivity index (χ0) is 26.6. The molecule has 0 bridgehead atoms. The Bertz CT molecular complexity index is 1510. The van der Waals surface area contributed by atoms with Gasteiger partial charge in [0.05, 0.1) is 53.6 Å². The van der Waals surface area contributed by atoms with E-state index in [9.17, 15) is 9.59 Å². The zero-order valence-electron chi connectivity index (χ0n) is 20.5. The third kappa shape index (κ3) is 5.71. The number of benzene rings is 1. The van der Waals surface area contributed by atoms with Gasteiger partial charge in [-0.2, -0.15) is 9.78 Å². The van der Waals surface area contributed by atoms with E-state index in [0.29, 0.717) is 63.8 Å². The Morgan fingerprint density at radius 1 is 1.18 bits per heavy atom. The molecule has 1 N–H and O–H groups in total. The summed E-state index contributed by atoms with van der Waals surface area (Å²) in [6.45, 7) is 3.60. The minimum atomic E-state index is -0.383. The Morgan fingerprint density at radius 2 is 1.97 bits per heavy atom. The largest absolute Gasteiger partial charge is 0.496 e. The number of nitrogens with zero attached hydrogens (tertiary/aromatic N) is 4. The lowest BCUT2D eigenvalue weighted by Gasteiger charge is -2.27. The molecule has 3 aromatic heterocycles. The van der Waals surface area contributed by atoms with Crippen LogP contribution in [0.4, 0.5) is 5.82 Å². The molecule has 1 aliphatic rings. The number of para-hydroxylation sites is 1. The Labute approximate surface area is 236 Å². The van der Waals surface area contributed by atoms with Crippen LogP contribution in [0.2, 0.25) is 4.34 Å². The Morgan fingerprint density at radius 3 is 2.71 bits per heavy atom. The first-order chi connectivity index (χ1) is 18.4. The molecule has 1 saturated heterocycles. The van der Waals surface area contributed by atoms with Crippen molar-refractivity contribution in [2.75, 3.05) is 38.7 Å². The van der Waals surface area contributed by atoms with E-state index in [2.05, 4.69) is 31.2 Å². The average Bonchev–Trinajstić information content (AvgIpc) is 3.56. The van der Waals surface area contributed by atoms with Crippen LogP contribution >= 0.6 is 38.9 Å². The molecule has 0 spiro atoms. The number of methoxy groups -OCH3 is 1. The number of pyridine rings is 1. The number of thiophene rings is 1. The third-order valence-electron chi connectivity index (χ3n) is 6.15. The molecule has 0 amide bonds. The lowest BCUT2D eigenvalue weighted by atomic mass is 10.2. The predicted octanol–water partition coefficient (Wildman–Crippen LogP) is 4.79. The second-order valence-electron chi connectivity index (χ2n) is 8.57. The van der Waals surface area contributed by atoms with E-state index < -0.39 is 0 Å². The molecule has 38 heavy (non-hydrogen) atoms. The number of rotatable bonds is 8. The van der Waals surface area contributed by atoms with E-state index in [-0.39, 0.29) is 11.5 Å². The summed E-state index contributed by atoms with van der Waals surface area (Å²) in [5, 5.41) is 7.87. The number of hydrogen-bond donors (Lipinski definition) is 1. The van der Waals surface area contributed by atoms with E-state index in [4.69, 9.17) is 21.1 Å². The Balaban J connectivity index is 1.53. The molecule has 4 aromatic rings. The number of morpholine rings is 1. The number of nitrogens with one attached hydrogen (secondary N) is 1. The third-order valence-corrected chi connectivity index (χ3v) is 8.08. The standard InChI is InChI=1S/C26H25BrClN5O4S/c1-36-21-5-3-2-4-19(21)26(35)33-24(29-15-17-6-9-23(28)38-17)14-20(30-33)18-7-8-22(27)32(25(18)34)16-31-10-12-37-13-11-31/h2-9,14,29H,10-13,15-16H2,1H3. The maximum atomic E-state index is 13.6. The highest BCUT2D eigenvalue weighted by Gasteiger charge is 2.22. The first-order valence-electron chi connectivity index (χ1n) is 11.9. The monoisotopic (exact) mass is 617 g/mol. The average molecular weight is 619 g/mol. The Kier molecular flexibility index (Phi) is 8.29. The van der Waals surface area contributed by atoms with Gasteiger partial charge in [0.15, 0.2) is 0 Å². The van der Waals surface area contributed by atoms with Gasteiger partial charge in [-0.15, -0.1) is 11.3 Å². The number of halogens is 2. The summed E-state index contributed by atoms with van der Waals surface area (Å²) in [6, 6.07) is 15.9. The molecule has 1 aliphatic heterocycles. The van der Waals surface area contributed by atoms with Crippen molar-refractivity contribution in [3.63, 3.8) is 0 Å². The summed E-state index contributed by atoms with van der Waals surface area (Å²) in [4.78, 5) is 30.4. The fraction of sp³-hybridized carbons (Fsp3) is 0.269. The van der Waals surface area contributed by atoms with E-state index in [1.165, 1.54) is 23.1 Å². The SMILES string of the molecule is COc1ccccc1C(=O)n1nc(-c2ccc(Br)n(CN3CCOCC3)c2=O)cc1NCc1ccc(Cl)s1. The van der Waals surface area contributed by atoms with Crippen molar-refractivity contribution in [1.82, 2.24) is 19.2 Å². The summed E-state index contributed by atoms with van der Waals surface area (Å²) in [5.74, 6) is 0.496. The topological polar surface area (TPSA) is 90.6 Å². The maximum absolute atomic E-state index is 13.6. The summed E-state index contributed by atoms with van der Waals surface area (Å²) in [5.41, 5.74) is 0.910. The van der Waals surface area contributed by atoms with E-state index in [0.717, 1.165) is 18.0 Å². The van der Waals surface area contributed by atoms with Crippen LogP contribution in [-0.2, 0) is 18.0 Å². The van der Waals surface area contributed by atoms with E-state index >= 15 is 0 Å². The molecular formula is C26H25BrClN5O4S. The number of ether oxygens (including phenoxy) is 2. The van der Waals surface area contributed by atoms with Crippen LogP contribution in [0.1, 0.15) is 15.2 Å². The molecule has 4 heterocycles. The summed E-state index contributed by atoms with van der Waals surface area (Å²) < 4.78 is 15.1. The fourth-order valence-corrected chi connectivity index (χ4v) is 5.61. The predicted molar refractivity (Wildman–Crippen MR) is 151 cm³/mol. The van der Waals surface area contributed by atoms with Crippen LogP contribution in [0.15, 0.2) is 64.0 Å². The van der Waals surface area contributed by atoms with Crippen molar-refractivity contribution in [1.29, 1.82) is 0 Å². The maximum Gasteiger partial charge on any atom is 0.283 e. The second-order valence-corrected chi connectivity index (χ2v) is 11.2. The van der Waals surface area contributed by atoms with Crippen molar-refractivity contribution in [3.05, 3.63) is 84.3 Å². The van der Waals surface area contributed by atoms with Gasteiger partial charge in [0, 0.05) is 24.0 Å². The molecule has 0 aliphatic carbocycles. The van der Waals surface area contributed by atoms with Crippen LogP contribution in [0, 0.1) is 0 Å².